The number of ether oxygens (including phenoxy) is 3. The molecular formula is C59H98O6. The number of hydrogen-bond acceptors (Lipinski definition) is 6. The van der Waals surface area contributed by atoms with Gasteiger partial charge in [0.1, 0.15) is 13.2 Å². The zero-order valence-corrected chi connectivity index (χ0v) is 42.2. The summed E-state index contributed by atoms with van der Waals surface area (Å²) in [6.45, 7) is 6.42. The van der Waals surface area contributed by atoms with Crippen LogP contribution in [0.1, 0.15) is 239 Å². The molecule has 370 valence electrons. The second-order valence-corrected chi connectivity index (χ2v) is 17.4. The Hall–Kier alpha value is -3.67. The molecule has 0 aromatic heterocycles. The Bertz CT molecular complexity index is 1310. The molecule has 0 spiro atoms. The second kappa shape index (κ2) is 52.9. The van der Waals surface area contributed by atoms with Crippen molar-refractivity contribution in [1.82, 2.24) is 0 Å². The van der Waals surface area contributed by atoms with Gasteiger partial charge in [-0.25, -0.2) is 0 Å². The molecule has 0 bridgehead atoms. The normalized spacial score (nSPS) is 12.8. The minimum atomic E-state index is -0.811. The Kier molecular flexibility index (Phi) is 50.0. The lowest BCUT2D eigenvalue weighted by molar-refractivity contribution is -0.167. The highest BCUT2D eigenvalue weighted by Crippen LogP contribution is 2.13. The van der Waals surface area contributed by atoms with Crippen molar-refractivity contribution < 1.29 is 28.6 Å². The Morgan fingerprint density at radius 3 is 1.05 bits per heavy atom. The molecule has 0 aliphatic heterocycles. The number of allylic oxidation sites excluding steroid dienone is 16. The Balaban J connectivity index is 4.52. The third-order valence-electron chi connectivity index (χ3n) is 11.0. The standard InChI is InChI=1S/C59H98O6/c1-4-7-10-13-16-19-22-25-28-29-32-34-37-40-43-46-49-52-58(61)64-55-56(65-59(62)53-50-47-44-41-38-35-31-27-24-21-18-15-12-9-6-3)54-63-57(60)51-48-45-42-39-36-33-30-26-23-20-17-14-11-8-5-2/h7,10,16-17,19-20,25-28,30-32,34,40,43,56H,4-6,8-9,11-15,18,21-24,29,33,35-39,41-42,44-55H2,1-3H3/b10-7-,19-16-,20-17-,28-25-,30-26-,31-27-,34-32-,43-40-/t56-/m0/s1. The molecule has 0 N–H and O–H groups in total. The molecule has 0 aliphatic rings. The first-order valence-electron chi connectivity index (χ1n) is 26.7. The van der Waals surface area contributed by atoms with Crippen LogP contribution >= 0.6 is 0 Å². The van der Waals surface area contributed by atoms with Gasteiger partial charge >= 0.3 is 17.9 Å². The van der Waals surface area contributed by atoms with Crippen LogP contribution in [-0.2, 0) is 28.6 Å². The Morgan fingerprint density at radius 1 is 0.323 bits per heavy atom. The average molecular weight is 903 g/mol. The highest BCUT2D eigenvalue weighted by molar-refractivity contribution is 5.71. The summed E-state index contributed by atoms with van der Waals surface area (Å²) >= 11 is 0. The first-order chi connectivity index (χ1) is 32.0. The summed E-state index contributed by atoms with van der Waals surface area (Å²) in [6.07, 6.45) is 69.6. The van der Waals surface area contributed by atoms with Crippen molar-refractivity contribution in [2.75, 3.05) is 13.2 Å². The lowest BCUT2D eigenvalue weighted by atomic mass is 10.1. The van der Waals surface area contributed by atoms with Crippen molar-refractivity contribution in [2.45, 2.75) is 245 Å². The zero-order valence-electron chi connectivity index (χ0n) is 42.2. The molecular weight excluding hydrogens is 805 g/mol. The summed E-state index contributed by atoms with van der Waals surface area (Å²) in [4.78, 5) is 38.0. The number of carbonyl (C=O) groups is 3. The number of carbonyl (C=O) groups excluding carboxylic acids is 3. The predicted octanol–water partition coefficient (Wildman–Crippen LogP) is 17.8. The van der Waals surface area contributed by atoms with Gasteiger partial charge in [-0.1, -0.05) is 201 Å². The van der Waals surface area contributed by atoms with Gasteiger partial charge in [-0.3, -0.25) is 14.4 Å². The topological polar surface area (TPSA) is 78.9 Å². The number of esters is 3. The van der Waals surface area contributed by atoms with E-state index in [1.807, 2.05) is 0 Å². The third-order valence-corrected chi connectivity index (χ3v) is 11.0. The quantitative estimate of drug-likeness (QED) is 0.0262. The zero-order chi connectivity index (χ0) is 47.2. The van der Waals surface area contributed by atoms with E-state index in [1.165, 1.54) is 77.0 Å². The number of hydrogen-bond donors (Lipinski definition) is 0. The Labute approximate surface area is 400 Å². The monoisotopic (exact) mass is 903 g/mol. The maximum atomic E-state index is 12.8. The van der Waals surface area contributed by atoms with E-state index in [2.05, 4.69) is 118 Å². The summed E-state index contributed by atoms with van der Waals surface area (Å²) in [7, 11) is 0. The summed E-state index contributed by atoms with van der Waals surface area (Å²) in [5.74, 6) is -0.990. The molecule has 0 saturated heterocycles. The maximum absolute atomic E-state index is 12.8. The minimum Gasteiger partial charge on any atom is -0.462 e. The summed E-state index contributed by atoms with van der Waals surface area (Å²) in [6, 6.07) is 0. The molecule has 1 atom stereocenters. The SMILES string of the molecule is CC/C=C\C/C=C\C/C=C\C/C=C\C/C=C\CCCC(=O)OC[C@H](COC(=O)CCCCCCC/C=C\C/C=C\CCCCC)OC(=O)CCCCCCC/C=C\CCCCCCCC. The van der Waals surface area contributed by atoms with E-state index in [1.54, 1.807) is 0 Å². The van der Waals surface area contributed by atoms with E-state index >= 15 is 0 Å². The van der Waals surface area contributed by atoms with Crippen molar-refractivity contribution in [1.29, 1.82) is 0 Å². The fraction of sp³-hybridized carbons (Fsp3) is 0.678. The van der Waals surface area contributed by atoms with Gasteiger partial charge in [0.2, 0.25) is 0 Å². The van der Waals surface area contributed by atoms with Crippen molar-refractivity contribution >= 4 is 17.9 Å². The number of rotatable bonds is 47. The van der Waals surface area contributed by atoms with Crippen LogP contribution < -0.4 is 0 Å². The smallest absolute Gasteiger partial charge is 0.306 e. The largest absolute Gasteiger partial charge is 0.462 e. The van der Waals surface area contributed by atoms with Gasteiger partial charge in [0.15, 0.2) is 6.10 Å². The molecule has 0 amide bonds. The molecule has 0 saturated carbocycles. The van der Waals surface area contributed by atoms with Crippen LogP contribution in [0.2, 0.25) is 0 Å². The summed E-state index contributed by atoms with van der Waals surface area (Å²) < 4.78 is 16.8. The van der Waals surface area contributed by atoms with Gasteiger partial charge in [-0.05, 0) is 116 Å². The number of unbranched alkanes of at least 4 members (excludes halogenated alkanes) is 20. The molecule has 0 aromatic carbocycles. The molecule has 0 heterocycles. The van der Waals surface area contributed by atoms with Gasteiger partial charge in [0.05, 0.1) is 0 Å². The van der Waals surface area contributed by atoms with Gasteiger partial charge in [-0.15, -0.1) is 0 Å². The van der Waals surface area contributed by atoms with E-state index < -0.39 is 6.10 Å². The lowest BCUT2D eigenvalue weighted by Crippen LogP contribution is -2.30. The first-order valence-corrected chi connectivity index (χ1v) is 26.7. The van der Waals surface area contributed by atoms with Gasteiger partial charge < -0.3 is 14.2 Å². The highest BCUT2D eigenvalue weighted by atomic mass is 16.6. The fourth-order valence-electron chi connectivity index (χ4n) is 7.03. The minimum absolute atomic E-state index is 0.107. The second-order valence-electron chi connectivity index (χ2n) is 17.4. The summed E-state index contributed by atoms with van der Waals surface area (Å²) in [5, 5.41) is 0. The van der Waals surface area contributed by atoms with Crippen LogP contribution in [0.5, 0.6) is 0 Å². The molecule has 0 fully saturated rings. The van der Waals surface area contributed by atoms with Gasteiger partial charge in [-0.2, -0.15) is 0 Å². The maximum Gasteiger partial charge on any atom is 0.306 e. The van der Waals surface area contributed by atoms with E-state index in [-0.39, 0.29) is 37.5 Å². The van der Waals surface area contributed by atoms with E-state index in [0.29, 0.717) is 19.3 Å². The van der Waals surface area contributed by atoms with Crippen LogP contribution in [0.3, 0.4) is 0 Å². The molecule has 0 unspecified atom stereocenters. The highest BCUT2D eigenvalue weighted by Gasteiger charge is 2.19. The van der Waals surface area contributed by atoms with Crippen molar-refractivity contribution in [3.05, 3.63) is 97.2 Å². The van der Waals surface area contributed by atoms with Crippen LogP contribution in [0.4, 0.5) is 0 Å². The first kappa shape index (κ1) is 61.3. The molecule has 6 nitrogen and oxygen atoms in total. The van der Waals surface area contributed by atoms with Crippen molar-refractivity contribution in [3.8, 4) is 0 Å². The van der Waals surface area contributed by atoms with Crippen LogP contribution in [0, 0.1) is 0 Å². The Morgan fingerprint density at radius 2 is 0.615 bits per heavy atom. The lowest BCUT2D eigenvalue weighted by Gasteiger charge is -2.18. The molecule has 0 rings (SSSR count). The predicted molar refractivity (Wildman–Crippen MR) is 279 cm³/mol. The molecule has 65 heavy (non-hydrogen) atoms. The molecule has 6 heteroatoms. The van der Waals surface area contributed by atoms with Crippen LogP contribution in [0.15, 0.2) is 97.2 Å². The van der Waals surface area contributed by atoms with Crippen molar-refractivity contribution in [2.24, 2.45) is 0 Å². The van der Waals surface area contributed by atoms with E-state index in [0.717, 1.165) is 116 Å². The van der Waals surface area contributed by atoms with Crippen LogP contribution in [0.25, 0.3) is 0 Å². The van der Waals surface area contributed by atoms with E-state index in [4.69, 9.17) is 14.2 Å². The fourth-order valence-corrected chi connectivity index (χ4v) is 7.03. The van der Waals surface area contributed by atoms with Gasteiger partial charge in [0.25, 0.3) is 0 Å². The molecule has 0 aromatic rings. The van der Waals surface area contributed by atoms with Crippen molar-refractivity contribution in [3.63, 3.8) is 0 Å². The third kappa shape index (κ3) is 51.2. The summed E-state index contributed by atoms with van der Waals surface area (Å²) in [5.41, 5.74) is 0. The average Bonchev–Trinajstić information content (AvgIpc) is 3.30. The molecule has 0 radical (unpaired) electrons. The van der Waals surface area contributed by atoms with Gasteiger partial charge in [0, 0.05) is 19.3 Å². The van der Waals surface area contributed by atoms with E-state index in [9.17, 15) is 14.4 Å². The van der Waals surface area contributed by atoms with Crippen LogP contribution in [-0.4, -0.2) is 37.2 Å². The molecule has 0 aliphatic carbocycles.